The summed E-state index contributed by atoms with van der Waals surface area (Å²) < 4.78 is 13.8. The zero-order valence-corrected chi connectivity index (χ0v) is 12.6. The molecule has 110 valence electrons. The van der Waals surface area contributed by atoms with Gasteiger partial charge in [-0.05, 0) is 27.7 Å². The normalized spacial score (nSPS) is 21.9. The maximum absolute atomic E-state index is 11.2. The summed E-state index contributed by atoms with van der Waals surface area (Å²) >= 11 is 0. The number of hydrogen-bond donors (Lipinski definition) is 1. The van der Waals surface area contributed by atoms with Crippen molar-refractivity contribution in [1.82, 2.24) is 9.55 Å². The molecule has 0 aliphatic carbocycles. The second-order valence-corrected chi connectivity index (χ2v) is 6.26. The Hall–Kier alpha value is -1.34. The number of aryl methyl sites for hydroxylation is 1. The molecule has 1 aromatic rings. The molecule has 1 aliphatic heterocycles. The fourth-order valence-corrected chi connectivity index (χ4v) is 2.31. The third-order valence-electron chi connectivity index (χ3n) is 4.23. The lowest BCUT2D eigenvalue weighted by molar-refractivity contribution is -0.137. The Morgan fingerprint density at radius 2 is 1.95 bits per heavy atom. The van der Waals surface area contributed by atoms with E-state index < -0.39 is 24.3 Å². The van der Waals surface area contributed by atoms with Crippen LogP contribution in [0.15, 0.2) is 12.5 Å². The predicted molar refractivity (Wildman–Crippen MR) is 74.3 cm³/mol. The largest absolute Gasteiger partial charge is 0.481 e. The number of imidazole rings is 1. The van der Waals surface area contributed by atoms with Crippen LogP contribution in [0.2, 0.25) is 0 Å². The molecule has 1 N–H and O–H groups in total. The van der Waals surface area contributed by atoms with Crippen LogP contribution >= 0.6 is 0 Å². The van der Waals surface area contributed by atoms with Crippen LogP contribution in [-0.2, 0) is 21.2 Å². The summed E-state index contributed by atoms with van der Waals surface area (Å²) in [5.74, 6) is -1.27. The van der Waals surface area contributed by atoms with Crippen LogP contribution in [0.25, 0.3) is 0 Å². The molecule has 20 heavy (non-hydrogen) atoms. The molecule has 1 atom stereocenters. The number of carbonyl (C=O) groups is 1. The van der Waals surface area contributed by atoms with Crippen molar-refractivity contribution in [3.63, 3.8) is 0 Å². The molecule has 1 aromatic heterocycles. The Bertz CT molecular complexity index is 496. The SMILES string of the molecule is Cn1cncc1C(CC(=O)O)B1OC(C)(C)C(C)(C)O1. The van der Waals surface area contributed by atoms with Crippen molar-refractivity contribution in [2.45, 2.75) is 51.1 Å². The van der Waals surface area contributed by atoms with Gasteiger partial charge in [-0.3, -0.25) is 4.79 Å². The second kappa shape index (κ2) is 4.89. The Labute approximate surface area is 119 Å². The third kappa shape index (κ3) is 2.60. The van der Waals surface area contributed by atoms with Gasteiger partial charge in [0.15, 0.2) is 0 Å². The maximum Gasteiger partial charge on any atom is 0.468 e. The van der Waals surface area contributed by atoms with Gasteiger partial charge in [-0.15, -0.1) is 0 Å². The summed E-state index contributed by atoms with van der Waals surface area (Å²) in [5, 5.41) is 9.15. The van der Waals surface area contributed by atoms with Gasteiger partial charge in [0.2, 0.25) is 0 Å². The van der Waals surface area contributed by atoms with Crippen LogP contribution in [0.3, 0.4) is 0 Å². The Morgan fingerprint density at radius 1 is 1.40 bits per heavy atom. The van der Waals surface area contributed by atoms with Crippen LogP contribution in [0.4, 0.5) is 0 Å². The molecule has 6 nitrogen and oxygen atoms in total. The molecule has 0 bridgehead atoms. The fourth-order valence-electron chi connectivity index (χ4n) is 2.31. The zero-order chi connectivity index (χ0) is 15.1. The van der Waals surface area contributed by atoms with Crippen molar-refractivity contribution in [3.05, 3.63) is 18.2 Å². The van der Waals surface area contributed by atoms with Crippen LogP contribution in [0.5, 0.6) is 0 Å². The minimum Gasteiger partial charge on any atom is -0.481 e. The highest BCUT2D eigenvalue weighted by Gasteiger charge is 2.54. The topological polar surface area (TPSA) is 73.6 Å². The average Bonchev–Trinajstić information content (AvgIpc) is 2.78. The van der Waals surface area contributed by atoms with Crippen molar-refractivity contribution >= 4 is 13.1 Å². The molecule has 0 saturated carbocycles. The minimum atomic E-state index is -0.883. The standard InChI is InChI=1S/C13H21BN2O4/c1-12(2)13(3,4)20-14(19-12)9(6-11(17)18)10-7-15-8-16(10)5/h7-9H,6H2,1-5H3,(H,17,18). The van der Waals surface area contributed by atoms with E-state index in [4.69, 9.17) is 14.4 Å². The lowest BCUT2D eigenvalue weighted by Crippen LogP contribution is -2.41. The van der Waals surface area contributed by atoms with Gasteiger partial charge in [-0.25, -0.2) is 4.98 Å². The maximum atomic E-state index is 11.2. The van der Waals surface area contributed by atoms with Crippen molar-refractivity contribution < 1.29 is 19.2 Å². The molecular formula is C13H21BN2O4. The molecule has 1 saturated heterocycles. The van der Waals surface area contributed by atoms with E-state index in [1.54, 1.807) is 17.1 Å². The highest BCUT2D eigenvalue weighted by Crippen LogP contribution is 2.41. The lowest BCUT2D eigenvalue weighted by atomic mass is 9.68. The van der Waals surface area contributed by atoms with Gasteiger partial charge in [0.05, 0.1) is 24.0 Å². The molecule has 0 radical (unpaired) electrons. The number of hydrogen-bond acceptors (Lipinski definition) is 4. The van der Waals surface area contributed by atoms with Crippen LogP contribution in [0.1, 0.15) is 45.6 Å². The van der Waals surface area contributed by atoms with E-state index in [1.807, 2.05) is 34.7 Å². The molecule has 0 amide bonds. The van der Waals surface area contributed by atoms with Gasteiger partial charge in [0, 0.05) is 24.8 Å². The van der Waals surface area contributed by atoms with E-state index in [0.717, 1.165) is 5.69 Å². The second-order valence-electron chi connectivity index (χ2n) is 6.26. The molecule has 2 heterocycles. The van der Waals surface area contributed by atoms with Gasteiger partial charge in [-0.2, -0.15) is 0 Å². The van der Waals surface area contributed by atoms with Gasteiger partial charge in [-0.1, -0.05) is 0 Å². The van der Waals surface area contributed by atoms with Crippen LogP contribution in [-0.4, -0.2) is 38.9 Å². The molecule has 7 heteroatoms. The number of nitrogens with zero attached hydrogens (tertiary/aromatic N) is 2. The zero-order valence-electron chi connectivity index (χ0n) is 12.6. The number of aromatic nitrogens is 2. The Morgan fingerprint density at radius 3 is 2.35 bits per heavy atom. The molecular weight excluding hydrogens is 259 g/mol. The molecule has 0 aromatic carbocycles. The van der Waals surface area contributed by atoms with E-state index in [9.17, 15) is 4.79 Å². The van der Waals surface area contributed by atoms with E-state index >= 15 is 0 Å². The smallest absolute Gasteiger partial charge is 0.468 e. The van der Waals surface area contributed by atoms with Gasteiger partial charge in [0.25, 0.3) is 0 Å². The highest BCUT2D eigenvalue weighted by atomic mass is 16.7. The Kier molecular flexibility index (Phi) is 3.68. The van der Waals surface area contributed by atoms with Crippen LogP contribution < -0.4 is 0 Å². The fraction of sp³-hybridized carbons (Fsp3) is 0.692. The van der Waals surface area contributed by atoms with Crippen LogP contribution in [0, 0.1) is 0 Å². The lowest BCUT2D eigenvalue weighted by Gasteiger charge is -2.32. The van der Waals surface area contributed by atoms with Gasteiger partial charge >= 0.3 is 13.1 Å². The summed E-state index contributed by atoms with van der Waals surface area (Å²) in [7, 11) is 1.24. The van der Waals surface area contributed by atoms with Crippen molar-refractivity contribution in [2.75, 3.05) is 0 Å². The monoisotopic (exact) mass is 280 g/mol. The average molecular weight is 280 g/mol. The van der Waals surface area contributed by atoms with Crippen molar-refractivity contribution in [3.8, 4) is 0 Å². The number of carboxylic acid groups (broad SMARTS) is 1. The molecule has 2 rings (SSSR count). The van der Waals surface area contributed by atoms with E-state index in [0.29, 0.717) is 0 Å². The first-order valence-electron chi connectivity index (χ1n) is 6.68. The highest BCUT2D eigenvalue weighted by molar-refractivity contribution is 6.48. The first kappa shape index (κ1) is 15.1. The quantitative estimate of drug-likeness (QED) is 0.848. The summed E-state index contributed by atoms with van der Waals surface area (Å²) in [6, 6.07) is 0. The van der Waals surface area contributed by atoms with E-state index in [2.05, 4.69) is 4.98 Å². The minimum absolute atomic E-state index is 0.0592. The van der Waals surface area contributed by atoms with Gasteiger partial charge < -0.3 is 19.0 Å². The predicted octanol–water partition coefficient (Wildman–Crippen LogP) is 1.61. The summed E-state index contributed by atoms with van der Waals surface area (Å²) in [6.45, 7) is 7.81. The first-order chi connectivity index (χ1) is 9.14. The number of rotatable bonds is 4. The number of aliphatic carboxylic acids is 1. The molecule has 1 fully saturated rings. The summed E-state index contributed by atoms with van der Waals surface area (Å²) in [5.41, 5.74) is -0.161. The van der Waals surface area contributed by atoms with E-state index in [-0.39, 0.29) is 12.2 Å². The summed E-state index contributed by atoms with van der Waals surface area (Å²) in [6.07, 6.45) is 3.25. The van der Waals surface area contributed by atoms with Crippen molar-refractivity contribution in [1.29, 1.82) is 0 Å². The van der Waals surface area contributed by atoms with E-state index in [1.165, 1.54) is 0 Å². The van der Waals surface area contributed by atoms with Crippen molar-refractivity contribution in [2.24, 2.45) is 7.05 Å². The Balaban J connectivity index is 2.30. The third-order valence-corrected chi connectivity index (χ3v) is 4.23. The molecule has 0 spiro atoms. The first-order valence-corrected chi connectivity index (χ1v) is 6.68. The summed E-state index contributed by atoms with van der Waals surface area (Å²) in [4.78, 5) is 15.2. The molecule has 1 aliphatic rings. The van der Waals surface area contributed by atoms with Gasteiger partial charge in [0.1, 0.15) is 0 Å². The molecule has 1 unspecified atom stereocenters. The number of carboxylic acids is 1.